The molecule has 2 aliphatic rings. The Hall–Kier alpha value is -1.63. The Morgan fingerprint density at radius 1 is 1.21 bits per heavy atom. The number of hydrogen-bond donors (Lipinski definition) is 1. The predicted octanol–water partition coefficient (Wildman–Crippen LogP) is 2.27. The van der Waals surface area contributed by atoms with Crippen molar-refractivity contribution in [2.45, 2.75) is 38.8 Å². The van der Waals surface area contributed by atoms with Gasteiger partial charge in [-0.2, -0.15) is 0 Å². The first-order valence-corrected chi connectivity index (χ1v) is 10.7. The Bertz CT molecular complexity index is 608. The van der Waals surface area contributed by atoms with Crippen molar-refractivity contribution in [1.82, 2.24) is 15.1 Å². The van der Waals surface area contributed by atoms with Gasteiger partial charge in [0.15, 0.2) is 5.96 Å². The standard InChI is InChI=1S/C22H36N4O2/c1-19-5-3-6-20(17-19)18-25-10-12-26(13-11-25)22(23-2)24-9-4-14-28-21-7-15-27-16-8-21/h3,5-6,17,21H,4,7-16,18H2,1-2H3,(H,23,24). The van der Waals surface area contributed by atoms with E-state index < -0.39 is 0 Å². The maximum Gasteiger partial charge on any atom is 0.193 e. The lowest BCUT2D eigenvalue weighted by molar-refractivity contribution is -0.0320. The quantitative estimate of drug-likeness (QED) is 0.441. The van der Waals surface area contributed by atoms with Gasteiger partial charge in [-0.25, -0.2) is 0 Å². The summed E-state index contributed by atoms with van der Waals surface area (Å²) in [7, 11) is 1.87. The lowest BCUT2D eigenvalue weighted by Gasteiger charge is -2.36. The molecule has 0 aromatic heterocycles. The molecule has 2 saturated heterocycles. The molecule has 6 heteroatoms. The highest BCUT2D eigenvalue weighted by Gasteiger charge is 2.19. The highest BCUT2D eigenvalue weighted by atomic mass is 16.5. The monoisotopic (exact) mass is 388 g/mol. The van der Waals surface area contributed by atoms with Crippen molar-refractivity contribution in [1.29, 1.82) is 0 Å². The fourth-order valence-corrected chi connectivity index (χ4v) is 3.88. The van der Waals surface area contributed by atoms with Gasteiger partial charge in [0.25, 0.3) is 0 Å². The van der Waals surface area contributed by atoms with Crippen molar-refractivity contribution in [2.24, 2.45) is 4.99 Å². The number of nitrogens with one attached hydrogen (secondary N) is 1. The second-order valence-corrected chi connectivity index (χ2v) is 7.76. The van der Waals surface area contributed by atoms with E-state index in [1.165, 1.54) is 11.1 Å². The van der Waals surface area contributed by atoms with E-state index in [-0.39, 0.29) is 0 Å². The summed E-state index contributed by atoms with van der Waals surface area (Å²) in [6.45, 7) is 10.8. The molecule has 2 fully saturated rings. The number of hydrogen-bond acceptors (Lipinski definition) is 4. The number of ether oxygens (including phenoxy) is 2. The van der Waals surface area contributed by atoms with Crippen molar-refractivity contribution < 1.29 is 9.47 Å². The average Bonchev–Trinajstić information content (AvgIpc) is 2.72. The minimum atomic E-state index is 0.384. The third-order valence-electron chi connectivity index (χ3n) is 5.50. The smallest absolute Gasteiger partial charge is 0.193 e. The van der Waals surface area contributed by atoms with Crippen LogP contribution in [-0.2, 0) is 16.0 Å². The molecule has 2 aliphatic heterocycles. The minimum Gasteiger partial charge on any atom is -0.381 e. The zero-order valence-electron chi connectivity index (χ0n) is 17.5. The first kappa shape index (κ1) is 21.1. The van der Waals surface area contributed by atoms with Crippen LogP contribution in [0.25, 0.3) is 0 Å². The molecule has 1 aromatic carbocycles. The maximum atomic E-state index is 5.94. The normalized spacial score (nSPS) is 19.8. The predicted molar refractivity (Wildman–Crippen MR) is 114 cm³/mol. The summed E-state index contributed by atoms with van der Waals surface area (Å²) in [5, 5.41) is 3.50. The molecule has 0 spiro atoms. The van der Waals surface area contributed by atoms with Crippen LogP contribution in [-0.4, -0.2) is 81.5 Å². The Balaban J connectivity index is 1.32. The van der Waals surface area contributed by atoms with Crippen molar-refractivity contribution >= 4 is 5.96 Å². The number of piperazine rings is 1. The van der Waals surface area contributed by atoms with E-state index in [2.05, 4.69) is 51.3 Å². The lowest BCUT2D eigenvalue weighted by Crippen LogP contribution is -2.52. The molecule has 2 heterocycles. The SMILES string of the molecule is CN=C(NCCCOC1CCOCC1)N1CCN(Cc2cccc(C)c2)CC1. The molecule has 6 nitrogen and oxygen atoms in total. The summed E-state index contributed by atoms with van der Waals surface area (Å²) in [6.07, 6.45) is 3.45. The molecule has 0 amide bonds. The summed E-state index contributed by atoms with van der Waals surface area (Å²) < 4.78 is 11.3. The summed E-state index contributed by atoms with van der Waals surface area (Å²) in [4.78, 5) is 9.37. The van der Waals surface area contributed by atoms with Crippen LogP contribution in [0, 0.1) is 6.92 Å². The van der Waals surface area contributed by atoms with Crippen LogP contribution in [0.5, 0.6) is 0 Å². The third kappa shape index (κ3) is 6.76. The Labute approximate surface area is 169 Å². The van der Waals surface area contributed by atoms with Crippen LogP contribution >= 0.6 is 0 Å². The van der Waals surface area contributed by atoms with Crippen molar-refractivity contribution in [2.75, 3.05) is 59.6 Å². The fraction of sp³-hybridized carbons (Fsp3) is 0.682. The minimum absolute atomic E-state index is 0.384. The molecule has 3 rings (SSSR count). The first-order valence-electron chi connectivity index (χ1n) is 10.7. The van der Waals surface area contributed by atoms with Crippen LogP contribution in [0.15, 0.2) is 29.3 Å². The number of nitrogens with zero attached hydrogens (tertiary/aromatic N) is 3. The van der Waals surface area contributed by atoms with Crippen molar-refractivity contribution in [3.05, 3.63) is 35.4 Å². The zero-order valence-corrected chi connectivity index (χ0v) is 17.5. The molecule has 0 aliphatic carbocycles. The van der Waals surface area contributed by atoms with Crippen molar-refractivity contribution in [3.63, 3.8) is 0 Å². The van der Waals surface area contributed by atoms with E-state index in [1.807, 2.05) is 7.05 Å². The van der Waals surface area contributed by atoms with Crippen LogP contribution in [0.2, 0.25) is 0 Å². The van der Waals surface area contributed by atoms with Gasteiger partial charge in [0.05, 0.1) is 6.10 Å². The largest absolute Gasteiger partial charge is 0.381 e. The molecule has 0 bridgehead atoms. The van der Waals surface area contributed by atoms with Crippen molar-refractivity contribution in [3.8, 4) is 0 Å². The summed E-state index contributed by atoms with van der Waals surface area (Å²) >= 11 is 0. The van der Waals surface area contributed by atoms with Crippen LogP contribution in [0.3, 0.4) is 0 Å². The molecule has 0 radical (unpaired) electrons. The van der Waals surface area contributed by atoms with Gasteiger partial charge in [0.2, 0.25) is 0 Å². The van der Waals surface area contributed by atoms with Crippen LogP contribution in [0.4, 0.5) is 0 Å². The van der Waals surface area contributed by atoms with E-state index in [0.29, 0.717) is 6.10 Å². The highest BCUT2D eigenvalue weighted by molar-refractivity contribution is 5.79. The lowest BCUT2D eigenvalue weighted by atomic mass is 10.1. The summed E-state index contributed by atoms with van der Waals surface area (Å²) in [5.74, 6) is 1.02. The van der Waals surface area contributed by atoms with E-state index in [0.717, 1.165) is 84.3 Å². The fourth-order valence-electron chi connectivity index (χ4n) is 3.88. The second kappa shape index (κ2) is 11.4. The highest BCUT2D eigenvalue weighted by Crippen LogP contribution is 2.11. The first-order chi connectivity index (χ1) is 13.7. The summed E-state index contributed by atoms with van der Waals surface area (Å²) in [5.41, 5.74) is 2.74. The molecule has 0 atom stereocenters. The van der Waals surface area contributed by atoms with Gasteiger partial charge < -0.3 is 19.7 Å². The van der Waals surface area contributed by atoms with Gasteiger partial charge in [-0.1, -0.05) is 29.8 Å². The van der Waals surface area contributed by atoms with Gasteiger partial charge in [-0.3, -0.25) is 9.89 Å². The van der Waals surface area contributed by atoms with Crippen LogP contribution in [0.1, 0.15) is 30.4 Å². The van der Waals surface area contributed by atoms with Crippen LogP contribution < -0.4 is 5.32 Å². The second-order valence-electron chi connectivity index (χ2n) is 7.76. The van der Waals surface area contributed by atoms with Gasteiger partial charge >= 0.3 is 0 Å². The van der Waals surface area contributed by atoms with Gasteiger partial charge in [-0.15, -0.1) is 0 Å². The molecular formula is C22H36N4O2. The Morgan fingerprint density at radius 3 is 2.71 bits per heavy atom. The molecule has 28 heavy (non-hydrogen) atoms. The van der Waals surface area contributed by atoms with E-state index >= 15 is 0 Å². The van der Waals surface area contributed by atoms with E-state index in [1.54, 1.807) is 0 Å². The zero-order chi connectivity index (χ0) is 19.6. The molecule has 1 N–H and O–H groups in total. The molecule has 0 saturated carbocycles. The third-order valence-corrected chi connectivity index (χ3v) is 5.50. The number of aryl methyl sites for hydroxylation is 1. The van der Waals surface area contributed by atoms with E-state index in [9.17, 15) is 0 Å². The average molecular weight is 389 g/mol. The molecule has 156 valence electrons. The summed E-state index contributed by atoms with van der Waals surface area (Å²) in [6, 6.07) is 8.82. The molecule has 0 unspecified atom stereocenters. The molecular weight excluding hydrogens is 352 g/mol. The number of guanidine groups is 1. The number of benzene rings is 1. The number of rotatable bonds is 7. The van der Waals surface area contributed by atoms with E-state index in [4.69, 9.17) is 9.47 Å². The number of aliphatic imine (C=N–C) groups is 1. The topological polar surface area (TPSA) is 49.3 Å². The van der Waals surface area contributed by atoms with Gasteiger partial charge in [0.1, 0.15) is 0 Å². The Morgan fingerprint density at radius 2 is 2.00 bits per heavy atom. The Kier molecular flexibility index (Phi) is 8.58. The van der Waals surface area contributed by atoms with Gasteiger partial charge in [-0.05, 0) is 31.7 Å². The molecule has 1 aromatic rings. The maximum absolute atomic E-state index is 5.94. The van der Waals surface area contributed by atoms with Gasteiger partial charge in [0, 0.05) is 66.1 Å².